The summed E-state index contributed by atoms with van der Waals surface area (Å²) in [5.41, 5.74) is 6.63. The number of carbonyl (C=O) groups is 8. The molecule has 0 aromatic heterocycles. The predicted molar refractivity (Wildman–Crippen MR) is 175 cm³/mol. The van der Waals surface area contributed by atoms with E-state index in [-0.39, 0.29) is 55.6 Å². The molecule has 0 bridgehead atoms. The van der Waals surface area contributed by atoms with Crippen LogP contribution in [0.25, 0.3) is 0 Å². The average Bonchev–Trinajstić information content (AvgIpc) is 3.34. The number of nitrogens with one attached hydrogen (secondary N) is 4. The molecule has 6 N–H and O–H groups in total. The minimum Gasteiger partial charge on any atom is -0.468 e. The summed E-state index contributed by atoms with van der Waals surface area (Å²) < 4.78 is 9.25. The zero-order chi connectivity index (χ0) is 35.9. The van der Waals surface area contributed by atoms with Crippen LogP contribution in [0.4, 0.5) is 5.69 Å². The van der Waals surface area contributed by atoms with Crippen molar-refractivity contribution in [3.05, 3.63) is 29.3 Å². The average molecular weight is 687 g/mol. The van der Waals surface area contributed by atoms with Gasteiger partial charge in [-0.1, -0.05) is 31.7 Å². The summed E-state index contributed by atoms with van der Waals surface area (Å²) in [5, 5.41) is 10.8. The quantitative estimate of drug-likeness (QED) is 0.0724. The molecular formula is C33H46N6O10. The summed E-state index contributed by atoms with van der Waals surface area (Å²) in [5.74, 6) is -4.23. The number of hydrogen-bond acceptors (Lipinski definition) is 12. The number of ether oxygens (including phenoxy) is 2. The number of unbranched alkanes of at least 4 members (excludes halogenated alkanes) is 5. The summed E-state index contributed by atoms with van der Waals surface area (Å²) in [7, 11) is 2.38. The van der Waals surface area contributed by atoms with Crippen LogP contribution in [0.2, 0.25) is 0 Å². The van der Waals surface area contributed by atoms with E-state index < -0.39 is 59.6 Å². The van der Waals surface area contributed by atoms with E-state index in [0.29, 0.717) is 18.8 Å². The molecule has 1 unspecified atom stereocenters. The highest BCUT2D eigenvalue weighted by molar-refractivity contribution is 6.25. The van der Waals surface area contributed by atoms with E-state index in [0.717, 1.165) is 43.4 Å². The number of piperidine rings is 1. The lowest BCUT2D eigenvalue weighted by atomic mass is 10.0. The second-order valence-corrected chi connectivity index (χ2v) is 11.9. The molecule has 1 aromatic carbocycles. The standard InChI is InChI=1S/C33H46N6O10/c1-48-32(46)21(34)12-15-26(41)37-23(33(47)49-2)13-16-25(40)36-19-8-6-4-3-5-7-18-35-22-11-9-10-20-28(22)31(45)39(30(20)44)24-14-17-27(42)38-29(24)43/h9-11,21,23-24,35H,3-8,12-19,34H2,1-2H3,(H,36,40)(H,37,41)(H,38,42,43)/t21-,23-,24?/m0/s1. The lowest BCUT2D eigenvalue weighted by molar-refractivity contribution is -0.146. The van der Waals surface area contributed by atoms with Gasteiger partial charge in [-0.3, -0.25) is 43.8 Å². The first-order chi connectivity index (χ1) is 23.5. The first kappa shape index (κ1) is 38.6. The van der Waals surface area contributed by atoms with Gasteiger partial charge in [0.15, 0.2) is 0 Å². The van der Waals surface area contributed by atoms with Gasteiger partial charge in [0.05, 0.1) is 25.3 Å². The van der Waals surface area contributed by atoms with Gasteiger partial charge in [0.1, 0.15) is 18.1 Å². The Morgan fingerprint density at radius 3 is 2.20 bits per heavy atom. The molecule has 1 aromatic rings. The van der Waals surface area contributed by atoms with Crippen molar-refractivity contribution in [2.75, 3.05) is 32.6 Å². The Morgan fingerprint density at radius 2 is 1.53 bits per heavy atom. The molecule has 268 valence electrons. The van der Waals surface area contributed by atoms with Crippen molar-refractivity contribution >= 4 is 53.1 Å². The van der Waals surface area contributed by atoms with Crippen LogP contribution in [-0.4, -0.2) is 97.7 Å². The Hall–Kier alpha value is -4.86. The van der Waals surface area contributed by atoms with Crippen LogP contribution in [0, 0.1) is 0 Å². The van der Waals surface area contributed by atoms with E-state index in [1.54, 1.807) is 18.2 Å². The number of imide groups is 2. The van der Waals surface area contributed by atoms with E-state index >= 15 is 0 Å². The molecule has 1 fully saturated rings. The van der Waals surface area contributed by atoms with Crippen LogP contribution in [0.3, 0.4) is 0 Å². The van der Waals surface area contributed by atoms with Crippen molar-refractivity contribution in [2.45, 2.75) is 95.2 Å². The lowest BCUT2D eigenvalue weighted by Gasteiger charge is -2.27. The largest absolute Gasteiger partial charge is 0.468 e. The van der Waals surface area contributed by atoms with E-state index in [1.165, 1.54) is 14.2 Å². The van der Waals surface area contributed by atoms with Gasteiger partial charge in [-0.15, -0.1) is 0 Å². The van der Waals surface area contributed by atoms with Crippen LogP contribution in [0.15, 0.2) is 18.2 Å². The van der Waals surface area contributed by atoms with Crippen LogP contribution >= 0.6 is 0 Å². The Morgan fingerprint density at radius 1 is 0.878 bits per heavy atom. The zero-order valence-corrected chi connectivity index (χ0v) is 28.0. The van der Waals surface area contributed by atoms with E-state index in [2.05, 4.69) is 26.0 Å². The number of rotatable bonds is 20. The molecule has 16 nitrogen and oxygen atoms in total. The number of amides is 6. The van der Waals surface area contributed by atoms with Gasteiger partial charge in [0, 0.05) is 38.0 Å². The summed E-state index contributed by atoms with van der Waals surface area (Å²) in [6, 6.07) is 1.99. The fraction of sp³-hybridized carbons (Fsp3) is 0.576. The van der Waals surface area contributed by atoms with Gasteiger partial charge in [0.25, 0.3) is 11.8 Å². The molecule has 1 saturated heterocycles. The van der Waals surface area contributed by atoms with Crippen LogP contribution in [-0.2, 0) is 38.2 Å². The lowest BCUT2D eigenvalue weighted by Crippen LogP contribution is -2.54. The number of anilines is 1. The zero-order valence-electron chi connectivity index (χ0n) is 28.0. The van der Waals surface area contributed by atoms with Crippen molar-refractivity contribution in [2.24, 2.45) is 5.73 Å². The van der Waals surface area contributed by atoms with Crippen molar-refractivity contribution in [1.82, 2.24) is 20.9 Å². The van der Waals surface area contributed by atoms with Crippen LogP contribution < -0.4 is 27.0 Å². The first-order valence-corrected chi connectivity index (χ1v) is 16.5. The Balaban J connectivity index is 1.28. The third-order valence-electron chi connectivity index (χ3n) is 8.38. The molecule has 2 heterocycles. The maximum atomic E-state index is 13.2. The molecule has 0 radical (unpaired) electrons. The molecule has 0 saturated carbocycles. The summed E-state index contributed by atoms with van der Waals surface area (Å²) in [6.45, 7) is 1.06. The van der Waals surface area contributed by atoms with Gasteiger partial charge >= 0.3 is 11.9 Å². The number of hydrogen-bond donors (Lipinski definition) is 5. The van der Waals surface area contributed by atoms with Gasteiger partial charge < -0.3 is 31.2 Å². The Kier molecular flexibility index (Phi) is 15.1. The summed E-state index contributed by atoms with van der Waals surface area (Å²) >= 11 is 0. The maximum absolute atomic E-state index is 13.2. The fourth-order valence-electron chi connectivity index (χ4n) is 5.65. The number of carbonyl (C=O) groups excluding carboxylic acids is 8. The molecule has 2 aliphatic heterocycles. The number of methoxy groups -OCH3 is 2. The van der Waals surface area contributed by atoms with Crippen molar-refractivity contribution in [1.29, 1.82) is 0 Å². The maximum Gasteiger partial charge on any atom is 0.328 e. The van der Waals surface area contributed by atoms with E-state index in [9.17, 15) is 38.4 Å². The summed E-state index contributed by atoms with van der Waals surface area (Å²) in [6.07, 6.45) is 5.52. The second-order valence-electron chi connectivity index (χ2n) is 11.9. The van der Waals surface area contributed by atoms with Crippen molar-refractivity contribution < 1.29 is 47.8 Å². The van der Waals surface area contributed by atoms with Gasteiger partial charge in [-0.25, -0.2) is 4.79 Å². The molecule has 0 aliphatic carbocycles. The third kappa shape index (κ3) is 11.1. The Bertz CT molecular complexity index is 1420. The number of benzene rings is 1. The number of nitrogens with zero attached hydrogens (tertiary/aromatic N) is 1. The van der Waals surface area contributed by atoms with Gasteiger partial charge in [-0.05, 0) is 44.2 Å². The smallest absolute Gasteiger partial charge is 0.328 e. The summed E-state index contributed by atoms with van der Waals surface area (Å²) in [4.78, 5) is 99.0. The fourth-order valence-corrected chi connectivity index (χ4v) is 5.65. The first-order valence-electron chi connectivity index (χ1n) is 16.5. The highest BCUT2D eigenvalue weighted by Gasteiger charge is 2.45. The topological polar surface area (TPSA) is 232 Å². The highest BCUT2D eigenvalue weighted by atomic mass is 16.5. The minimum absolute atomic E-state index is 0.00799. The van der Waals surface area contributed by atoms with Gasteiger partial charge in [-0.2, -0.15) is 0 Å². The van der Waals surface area contributed by atoms with Crippen LogP contribution in [0.1, 0.15) is 97.8 Å². The molecule has 0 spiro atoms. The molecule has 3 atom stereocenters. The molecule has 16 heteroatoms. The number of nitrogens with two attached hydrogens (primary N) is 1. The normalized spacial score (nSPS) is 16.7. The number of fused-ring (bicyclic) bond motifs is 1. The molecule has 49 heavy (non-hydrogen) atoms. The molecule has 2 aliphatic rings. The van der Waals surface area contributed by atoms with Crippen LogP contribution in [0.5, 0.6) is 0 Å². The number of esters is 2. The van der Waals surface area contributed by atoms with Crippen molar-refractivity contribution in [3.8, 4) is 0 Å². The van der Waals surface area contributed by atoms with Gasteiger partial charge in [0.2, 0.25) is 23.6 Å². The minimum atomic E-state index is -1.01. The molecule has 3 rings (SSSR count). The van der Waals surface area contributed by atoms with Crippen molar-refractivity contribution in [3.63, 3.8) is 0 Å². The third-order valence-corrected chi connectivity index (χ3v) is 8.38. The second kappa shape index (κ2) is 19.2. The van der Waals surface area contributed by atoms with E-state index in [1.807, 2.05) is 0 Å². The SMILES string of the molecule is COC(=O)[C@H](CCC(=O)NCCCCCCCCNc1cccc2c1C(=O)N(C1CCC(=O)NC1=O)C2=O)NC(=O)CC[C@H](N)C(=O)OC. The predicted octanol–water partition coefficient (Wildman–Crippen LogP) is 0.675. The monoisotopic (exact) mass is 686 g/mol. The highest BCUT2D eigenvalue weighted by Crippen LogP contribution is 2.32. The Labute approximate surface area is 284 Å². The van der Waals surface area contributed by atoms with E-state index in [4.69, 9.17) is 10.5 Å². The molecular weight excluding hydrogens is 640 g/mol. The molecule has 6 amide bonds.